The molecule has 0 saturated carbocycles. The molecule has 2 unspecified atom stereocenters. The maximum Gasteiger partial charge on any atom is 0.289 e. The third-order valence-corrected chi connectivity index (χ3v) is 3.86. The number of fused-ring (bicyclic) bond motifs is 1. The molecule has 0 radical (unpaired) electrons. The molecule has 0 aromatic rings. The van der Waals surface area contributed by atoms with Gasteiger partial charge in [-0.3, -0.25) is 19.3 Å². The normalized spacial score (nSPS) is 31.8. The molecule has 0 aliphatic carbocycles. The molecular formula is C7H8N2O3S2. The minimum Gasteiger partial charge on any atom is -0.334 e. The van der Waals surface area contributed by atoms with Crippen LogP contribution in [0.25, 0.3) is 0 Å². The van der Waals surface area contributed by atoms with E-state index in [9.17, 15) is 14.4 Å². The Morgan fingerprint density at radius 1 is 1.50 bits per heavy atom. The standard InChI is InChI=1S/C7H8N2O3S2/c1-13-5-6(11)9-3(4(10)8-5)2-14-7(9)12/h3,5H,2H2,1H3,(H,8,10). The maximum atomic E-state index is 11.7. The predicted octanol–water partition coefficient (Wildman–Crippen LogP) is -0.131. The van der Waals surface area contributed by atoms with E-state index in [0.717, 1.165) is 16.7 Å². The molecule has 0 spiro atoms. The van der Waals surface area contributed by atoms with Crippen LogP contribution >= 0.6 is 23.5 Å². The summed E-state index contributed by atoms with van der Waals surface area (Å²) < 4.78 is 0. The van der Waals surface area contributed by atoms with Crippen LogP contribution in [0.2, 0.25) is 0 Å². The summed E-state index contributed by atoms with van der Waals surface area (Å²) in [4.78, 5) is 35.5. The molecule has 2 aliphatic rings. The number of amides is 3. The zero-order valence-corrected chi connectivity index (χ0v) is 8.98. The molecule has 5 nitrogen and oxygen atoms in total. The summed E-state index contributed by atoms with van der Waals surface area (Å²) in [6.45, 7) is 0. The third-order valence-electron chi connectivity index (χ3n) is 2.15. The molecule has 2 aliphatic heterocycles. The van der Waals surface area contributed by atoms with Gasteiger partial charge in [-0.1, -0.05) is 11.8 Å². The fourth-order valence-electron chi connectivity index (χ4n) is 1.43. The zero-order valence-electron chi connectivity index (χ0n) is 7.35. The van der Waals surface area contributed by atoms with Gasteiger partial charge >= 0.3 is 0 Å². The van der Waals surface area contributed by atoms with Gasteiger partial charge in [-0.15, -0.1) is 11.8 Å². The highest BCUT2D eigenvalue weighted by molar-refractivity contribution is 8.14. The van der Waals surface area contributed by atoms with Gasteiger partial charge in [0, 0.05) is 5.75 Å². The number of carbonyl (C=O) groups is 3. The fourth-order valence-corrected chi connectivity index (χ4v) is 2.94. The minimum absolute atomic E-state index is 0.234. The highest BCUT2D eigenvalue weighted by Gasteiger charge is 2.47. The van der Waals surface area contributed by atoms with Crippen LogP contribution in [0.5, 0.6) is 0 Å². The van der Waals surface area contributed by atoms with Crippen LogP contribution in [0.1, 0.15) is 0 Å². The first-order valence-electron chi connectivity index (χ1n) is 3.98. The second-order valence-corrected chi connectivity index (χ2v) is 4.84. The van der Waals surface area contributed by atoms with Crippen LogP contribution in [0.3, 0.4) is 0 Å². The summed E-state index contributed by atoms with van der Waals surface area (Å²) >= 11 is 2.24. The number of thioether (sulfide) groups is 2. The van der Waals surface area contributed by atoms with Gasteiger partial charge in [0.25, 0.3) is 11.1 Å². The number of hydrogen-bond donors (Lipinski definition) is 1. The summed E-state index contributed by atoms with van der Waals surface area (Å²) in [5.74, 6) is -0.170. The highest BCUT2D eigenvalue weighted by atomic mass is 32.2. The number of rotatable bonds is 1. The summed E-state index contributed by atoms with van der Waals surface area (Å²) in [5.41, 5.74) is 0. The van der Waals surface area contributed by atoms with E-state index in [-0.39, 0.29) is 17.1 Å². The van der Waals surface area contributed by atoms with E-state index < -0.39 is 11.4 Å². The summed E-state index contributed by atoms with van der Waals surface area (Å²) in [6, 6.07) is -0.594. The lowest BCUT2D eigenvalue weighted by atomic mass is 10.2. The molecule has 2 fully saturated rings. The van der Waals surface area contributed by atoms with E-state index in [2.05, 4.69) is 5.32 Å². The van der Waals surface area contributed by atoms with Crippen molar-refractivity contribution in [1.29, 1.82) is 0 Å². The number of hydrogen-bond acceptors (Lipinski definition) is 5. The minimum atomic E-state index is -0.610. The van der Waals surface area contributed by atoms with Crippen molar-refractivity contribution in [1.82, 2.24) is 10.2 Å². The van der Waals surface area contributed by atoms with Gasteiger partial charge in [0.15, 0.2) is 5.37 Å². The van der Waals surface area contributed by atoms with Gasteiger partial charge in [-0.05, 0) is 6.26 Å². The molecule has 1 N–H and O–H groups in total. The molecule has 2 rings (SSSR count). The quantitative estimate of drug-likeness (QED) is 0.682. The lowest BCUT2D eigenvalue weighted by molar-refractivity contribution is -0.141. The first-order chi connectivity index (χ1) is 6.65. The van der Waals surface area contributed by atoms with Crippen LogP contribution in [-0.4, -0.2) is 45.4 Å². The van der Waals surface area contributed by atoms with Crippen LogP contribution in [-0.2, 0) is 9.59 Å². The molecule has 0 bridgehead atoms. The summed E-state index contributed by atoms with van der Waals surface area (Å²) in [5, 5.41) is 1.65. The Morgan fingerprint density at radius 2 is 2.21 bits per heavy atom. The van der Waals surface area contributed by atoms with Gasteiger partial charge in [-0.25, -0.2) is 0 Å². The first-order valence-corrected chi connectivity index (χ1v) is 6.25. The SMILES string of the molecule is CSC1NC(=O)C2CSC(=O)N2C1=O. The maximum absolute atomic E-state index is 11.7. The topological polar surface area (TPSA) is 66.5 Å². The molecule has 3 amide bonds. The monoisotopic (exact) mass is 232 g/mol. The van der Waals surface area contributed by atoms with Gasteiger partial charge < -0.3 is 5.32 Å². The average molecular weight is 232 g/mol. The fraction of sp³-hybridized carbons (Fsp3) is 0.571. The van der Waals surface area contributed by atoms with E-state index in [4.69, 9.17) is 0 Å². The lowest BCUT2D eigenvalue weighted by Gasteiger charge is -2.31. The largest absolute Gasteiger partial charge is 0.334 e. The summed E-state index contributed by atoms with van der Waals surface area (Å²) in [6.07, 6.45) is 1.72. The Kier molecular flexibility index (Phi) is 2.44. The number of nitrogens with zero attached hydrogens (tertiary/aromatic N) is 1. The summed E-state index contributed by atoms with van der Waals surface area (Å²) in [7, 11) is 0. The van der Waals surface area contributed by atoms with E-state index in [1.165, 1.54) is 11.8 Å². The smallest absolute Gasteiger partial charge is 0.289 e. The first kappa shape index (κ1) is 9.85. The Labute approximate surface area is 89.0 Å². The van der Waals surface area contributed by atoms with Gasteiger partial charge in [0.05, 0.1) is 0 Å². The van der Waals surface area contributed by atoms with Crippen molar-refractivity contribution in [2.24, 2.45) is 0 Å². The predicted molar refractivity (Wildman–Crippen MR) is 53.9 cm³/mol. The Morgan fingerprint density at radius 3 is 2.86 bits per heavy atom. The van der Waals surface area contributed by atoms with Crippen molar-refractivity contribution in [2.45, 2.75) is 11.4 Å². The molecule has 7 heteroatoms. The van der Waals surface area contributed by atoms with Gasteiger partial charge in [-0.2, -0.15) is 0 Å². The molecular weight excluding hydrogens is 224 g/mol. The van der Waals surface area contributed by atoms with Crippen molar-refractivity contribution < 1.29 is 14.4 Å². The Balaban J connectivity index is 2.28. The van der Waals surface area contributed by atoms with Crippen molar-refractivity contribution in [3.63, 3.8) is 0 Å². The molecule has 0 aromatic heterocycles. The van der Waals surface area contributed by atoms with Crippen LogP contribution in [0, 0.1) is 0 Å². The molecule has 2 atom stereocenters. The van der Waals surface area contributed by atoms with Crippen molar-refractivity contribution in [3.05, 3.63) is 0 Å². The van der Waals surface area contributed by atoms with Crippen molar-refractivity contribution in [2.75, 3.05) is 12.0 Å². The van der Waals surface area contributed by atoms with E-state index >= 15 is 0 Å². The number of carbonyl (C=O) groups excluding carboxylic acids is 3. The molecule has 76 valence electrons. The van der Waals surface area contributed by atoms with E-state index in [1.807, 2.05) is 0 Å². The second kappa shape index (κ2) is 3.47. The number of nitrogens with one attached hydrogen (secondary N) is 1. The average Bonchev–Trinajstić information content (AvgIpc) is 2.54. The van der Waals surface area contributed by atoms with Crippen molar-refractivity contribution >= 4 is 40.6 Å². The highest BCUT2D eigenvalue weighted by Crippen LogP contribution is 2.29. The molecule has 2 saturated heterocycles. The molecule has 14 heavy (non-hydrogen) atoms. The van der Waals surface area contributed by atoms with Crippen LogP contribution < -0.4 is 5.32 Å². The number of imide groups is 1. The second-order valence-electron chi connectivity index (χ2n) is 2.93. The van der Waals surface area contributed by atoms with Crippen LogP contribution in [0.4, 0.5) is 4.79 Å². The van der Waals surface area contributed by atoms with Crippen LogP contribution in [0.15, 0.2) is 0 Å². The molecule has 0 aromatic carbocycles. The Bertz CT molecular complexity index is 320. The van der Waals surface area contributed by atoms with Gasteiger partial charge in [0.2, 0.25) is 5.91 Å². The number of piperazine rings is 1. The lowest BCUT2D eigenvalue weighted by Crippen LogP contribution is -2.61. The van der Waals surface area contributed by atoms with Crippen molar-refractivity contribution in [3.8, 4) is 0 Å². The van der Waals surface area contributed by atoms with Gasteiger partial charge in [0.1, 0.15) is 6.04 Å². The van der Waals surface area contributed by atoms with E-state index in [1.54, 1.807) is 6.26 Å². The zero-order chi connectivity index (χ0) is 10.3. The Hall–Kier alpha value is -0.690. The molecule has 2 heterocycles. The van der Waals surface area contributed by atoms with E-state index in [0.29, 0.717) is 5.75 Å². The third kappa shape index (κ3) is 1.31.